The van der Waals surface area contributed by atoms with E-state index < -0.39 is 17.7 Å². The molecule has 2 aromatic rings. The molecule has 0 aliphatic heterocycles. The molecule has 0 atom stereocenters. The van der Waals surface area contributed by atoms with Crippen molar-refractivity contribution in [1.29, 1.82) is 0 Å². The van der Waals surface area contributed by atoms with E-state index in [4.69, 9.17) is 4.74 Å². The van der Waals surface area contributed by atoms with Gasteiger partial charge in [-0.25, -0.2) is 9.37 Å². The van der Waals surface area contributed by atoms with Crippen LogP contribution in [0.4, 0.5) is 8.78 Å². The molecule has 1 amide bonds. The summed E-state index contributed by atoms with van der Waals surface area (Å²) in [6.45, 7) is 0.249. The fraction of sp³-hybridized carbons (Fsp3) is 0.200. The Morgan fingerprint density at radius 3 is 2.81 bits per heavy atom. The van der Waals surface area contributed by atoms with Gasteiger partial charge in [-0.15, -0.1) is 0 Å². The summed E-state index contributed by atoms with van der Waals surface area (Å²) in [6, 6.07) is 8.31. The lowest BCUT2D eigenvalue weighted by Gasteiger charge is -2.18. The van der Waals surface area contributed by atoms with Gasteiger partial charge >= 0.3 is 0 Å². The second-order valence-electron chi connectivity index (χ2n) is 4.48. The van der Waals surface area contributed by atoms with Gasteiger partial charge in [0.15, 0.2) is 5.82 Å². The van der Waals surface area contributed by atoms with Crippen LogP contribution in [0.5, 0.6) is 5.75 Å². The topological polar surface area (TPSA) is 42.4 Å². The smallest absolute Gasteiger partial charge is 0.257 e. The first kappa shape index (κ1) is 14.9. The van der Waals surface area contributed by atoms with Crippen LogP contribution in [0.15, 0.2) is 36.5 Å². The van der Waals surface area contributed by atoms with Crippen molar-refractivity contribution in [3.8, 4) is 5.75 Å². The van der Waals surface area contributed by atoms with E-state index in [2.05, 4.69) is 4.98 Å². The summed E-state index contributed by atoms with van der Waals surface area (Å²) in [5, 5.41) is 0. The van der Waals surface area contributed by atoms with Gasteiger partial charge in [-0.2, -0.15) is 4.39 Å². The molecular weight excluding hydrogens is 278 g/mol. The summed E-state index contributed by atoms with van der Waals surface area (Å²) in [5.74, 6) is -2.47. The van der Waals surface area contributed by atoms with Gasteiger partial charge in [0.2, 0.25) is 5.95 Å². The molecular formula is C15H14F2N2O2. The number of hydrogen-bond acceptors (Lipinski definition) is 3. The highest BCUT2D eigenvalue weighted by atomic mass is 19.2. The Kier molecular flexibility index (Phi) is 4.47. The van der Waals surface area contributed by atoms with Crippen LogP contribution in [0.25, 0.3) is 0 Å². The Morgan fingerprint density at radius 2 is 2.10 bits per heavy atom. The fourth-order valence-electron chi connectivity index (χ4n) is 1.91. The number of halogens is 2. The summed E-state index contributed by atoms with van der Waals surface area (Å²) >= 11 is 0. The minimum atomic E-state index is -1.28. The molecule has 0 aliphatic rings. The maximum Gasteiger partial charge on any atom is 0.257 e. The van der Waals surface area contributed by atoms with Crippen LogP contribution in [0, 0.1) is 11.8 Å². The van der Waals surface area contributed by atoms with Crippen molar-refractivity contribution in [3.63, 3.8) is 0 Å². The number of rotatable bonds is 4. The van der Waals surface area contributed by atoms with E-state index in [1.54, 1.807) is 25.3 Å². The maximum absolute atomic E-state index is 13.6. The first-order valence-electron chi connectivity index (χ1n) is 6.21. The van der Waals surface area contributed by atoms with Gasteiger partial charge in [0, 0.05) is 19.8 Å². The van der Waals surface area contributed by atoms with Crippen LogP contribution in [0.2, 0.25) is 0 Å². The SMILES string of the molecule is COc1cccc(CN(C)C(=O)c2ccnc(F)c2F)c1. The number of hydrogen-bond donors (Lipinski definition) is 0. The second-order valence-corrected chi connectivity index (χ2v) is 4.48. The summed E-state index contributed by atoms with van der Waals surface area (Å²) in [5.41, 5.74) is 0.480. The van der Waals surface area contributed by atoms with Crippen LogP contribution < -0.4 is 4.74 Å². The minimum absolute atomic E-state index is 0.249. The number of carbonyl (C=O) groups excluding carboxylic acids is 1. The number of benzene rings is 1. The van der Waals surface area contributed by atoms with E-state index in [-0.39, 0.29) is 12.1 Å². The molecule has 2 rings (SSSR count). The average molecular weight is 292 g/mol. The van der Waals surface area contributed by atoms with Crippen molar-refractivity contribution >= 4 is 5.91 Å². The first-order chi connectivity index (χ1) is 10.0. The van der Waals surface area contributed by atoms with E-state index in [0.29, 0.717) is 5.75 Å². The number of aromatic nitrogens is 1. The second kappa shape index (κ2) is 6.30. The molecule has 21 heavy (non-hydrogen) atoms. The number of ether oxygens (including phenoxy) is 1. The highest BCUT2D eigenvalue weighted by molar-refractivity contribution is 5.94. The van der Waals surface area contributed by atoms with Crippen LogP contribution in [-0.4, -0.2) is 29.9 Å². The third-order valence-electron chi connectivity index (χ3n) is 2.98. The van der Waals surface area contributed by atoms with E-state index in [0.717, 1.165) is 17.8 Å². The Bertz CT molecular complexity index is 662. The zero-order valence-electron chi connectivity index (χ0n) is 11.6. The Hall–Kier alpha value is -2.50. The molecule has 4 nitrogen and oxygen atoms in total. The molecule has 1 aromatic carbocycles. The molecule has 0 bridgehead atoms. The molecule has 0 fully saturated rings. The lowest BCUT2D eigenvalue weighted by atomic mass is 10.1. The molecule has 1 heterocycles. The van der Waals surface area contributed by atoms with E-state index in [1.165, 1.54) is 11.9 Å². The Morgan fingerprint density at radius 1 is 1.33 bits per heavy atom. The molecule has 0 spiro atoms. The third-order valence-corrected chi connectivity index (χ3v) is 2.98. The lowest BCUT2D eigenvalue weighted by Crippen LogP contribution is -2.27. The third kappa shape index (κ3) is 3.34. The lowest BCUT2D eigenvalue weighted by molar-refractivity contribution is 0.0778. The first-order valence-corrected chi connectivity index (χ1v) is 6.21. The van der Waals surface area contributed by atoms with E-state index in [1.807, 2.05) is 6.07 Å². The van der Waals surface area contributed by atoms with Gasteiger partial charge < -0.3 is 9.64 Å². The highest BCUT2D eigenvalue weighted by Gasteiger charge is 2.19. The molecule has 1 aromatic heterocycles. The Balaban J connectivity index is 2.17. The van der Waals surface area contributed by atoms with Gasteiger partial charge in [-0.1, -0.05) is 12.1 Å². The van der Waals surface area contributed by atoms with Crippen LogP contribution in [0.3, 0.4) is 0 Å². The van der Waals surface area contributed by atoms with Gasteiger partial charge in [-0.05, 0) is 23.8 Å². The van der Waals surface area contributed by atoms with Crippen LogP contribution >= 0.6 is 0 Å². The molecule has 0 saturated heterocycles. The van der Waals surface area contributed by atoms with Crippen molar-refractivity contribution in [1.82, 2.24) is 9.88 Å². The van der Waals surface area contributed by atoms with Crippen molar-refractivity contribution in [2.75, 3.05) is 14.2 Å². The molecule has 6 heteroatoms. The van der Waals surface area contributed by atoms with Crippen molar-refractivity contribution in [3.05, 3.63) is 59.4 Å². The fourth-order valence-corrected chi connectivity index (χ4v) is 1.91. The van der Waals surface area contributed by atoms with Crippen LogP contribution in [0.1, 0.15) is 15.9 Å². The zero-order valence-corrected chi connectivity index (χ0v) is 11.6. The molecule has 0 radical (unpaired) electrons. The normalized spacial score (nSPS) is 10.3. The van der Waals surface area contributed by atoms with Crippen molar-refractivity contribution in [2.24, 2.45) is 0 Å². The van der Waals surface area contributed by atoms with Crippen molar-refractivity contribution in [2.45, 2.75) is 6.54 Å². The zero-order chi connectivity index (χ0) is 15.4. The summed E-state index contributed by atoms with van der Waals surface area (Å²) in [4.78, 5) is 16.6. The number of methoxy groups -OCH3 is 1. The average Bonchev–Trinajstić information content (AvgIpc) is 2.49. The summed E-state index contributed by atoms with van der Waals surface area (Å²) < 4.78 is 31.7. The molecule has 110 valence electrons. The predicted molar refractivity (Wildman–Crippen MR) is 72.9 cm³/mol. The van der Waals surface area contributed by atoms with Gasteiger partial charge in [0.25, 0.3) is 5.91 Å². The largest absolute Gasteiger partial charge is 0.497 e. The number of nitrogens with zero attached hydrogens (tertiary/aromatic N) is 2. The van der Waals surface area contributed by atoms with Crippen LogP contribution in [-0.2, 0) is 6.54 Å². The quantitative estimate of drug-likeness (QED) is 0.814. The molecule has 0 saturated carbocycles. The predicted octanol–water partition coefficient (Wildman–Crippen LogP) is 2.64. The minimum Gasteiger partial charge on any atom is -0.497 e. The number of amides is 1. The molecule has 0 unspecified atom stereocenters. The molecule has 0 aliphatic carbocycles. The standard InChI is InChI=1S/C15H14F2N2O2/c1-19(9-10-4-3-5-11(8-10)21-2)15(20)12-6-7-18-14(17)13(12)16/h3-8H,9H2,1-2H3. The number of pyridine rings is 1. The Labute approximate surface area is 121 Å². The van der Waals surface area contributed by atoms with Gasteiger partial charge in [0.05, 0.1) is 12.7 Å². The number of carbonyl (C=O) groups is 1. The summed E-state index contributed by atoms with van der Waals surface area (Å²) in [7, 11) is 3.06. The van der Waals surface area contributed by atoms with E-state index in [9.17, 15) is 13.6 Å². The molecule has 0 N–H and O–H groups in total. The highest BCUT2D eigenvalue weighted by Crippen LogP contribution is 2.16. The van der Waals surface area contributed by atoms with Gasteiger partial charge in [0.1, 0.15) is 5.75 Å². The van der Waals surface area contributed by atoms with E-state index >= 15 is 0 Å². The maximum atomic E-state index is 13.6. The monoisotopic (exact) mass is 292 g/mol. The summed E-state index contributed by atoms with van der Waals surface area (Å²) in [6.07, 6.45) is 1.06. The van der Waals surface area contributed by atoms with Crippen molar-refractivity contribution < 1.29 is 18.3 Å². The van der Waals surface area contributed by atoms with Gasteiger partial charge in [-0.3, -0.25) is 4.79 Å².